The Kier molecular flexibility index (Phi) is 7.40. The highest BCUT2D eigenvalue weighted by atomic mass is 16.6. The number of nitrogens with zero attached hydrogens (tertiary/aromatic N) is 2. The van der Waals surface area contributed by atoms with Crippen molar-refractivity contribution in [2.75, 3.05) is 32.8 Å². The van der Waals surface area contributed by atoms with Crippen LogP contribution in [0.3, 0.4) is 0 Å². The zero-order valence-corrected chi connectivity index (χ0v) is 13.7. The van der Waals surface area contributed by atoms with Crippen molar-refractivity contribution in [3.63, 3.8) is 0 Å². The number of benzene rings is 1. The lowest BCUT2D eigenvalue weighted by molar-refractivity contribution is -0.926. The molecule has 0 spiro atoms. The molecule has 0 heterocycles. The molecule has 118 valence electrons. The molecule has 0 saturated heterocycles. The first-order valence-corrected chi connectivity index (χ1v) is 7.82. The molecule has 4 heteroatoms. The molecule has 21 heavy (non-hydrogen) atoms. The van der Waals surface area contributed by atoms with E-state index >= 15 is 0 Å². The minimum absolute atomic E-state index is 0.240. The fourth-order valence-corrected chi connectivity index (χ4v) is 2.51. The van der Waals surface area contributed by atoms with Crippen molar-refractivity contribution < 1.29 is 14.4 Å². The average molecular weight is 293 g/mol. The van der Waals surface area contributed by atoms with E-state index in [4.69, 9.17) is 4.84 Å². The van der Waals surface area contributed by atoms with E-state index in [2.05, 4.69) is 25.9 Å². The number of likely N-dealkylation sites (N-methyl/N-ethyl adjacent to an activating group) is 1. The second-order valence-corrected chi connectivity index (χ2v) is 5.47. The van der Waals surface area contributed by atoms with E-state index < -0.39 is 6.10 Å². The number of aliphatic hydroxyl groups excluding tert-OH is 1. The monoisotopic (exact) mass is 293 g/mol. The quantitative estimate of drug-likeness (QED) is 0.432. The van der Waals surface area contributed by atoms with E-state index in [9.17, 15) is 5.11 Å². The van der Waals surface area contributed by atoms with Gasteiger partial charge in [-0.25, -0.2) is 0 Å². The van der Waals surface area contributed by atoms with Gasteiger partial charge in [-0.05, 0) is 33.3 Å². The zero-order chi connectivity index (χ0) is 15.7. The predicted molar refractivity (Wildman–Crippen MR) is 87.4 cm³/mol. The molecule has 1 aromatic carbocycles. The largest absolute Gasteiger partial charge is 0.393 e. The van der Waals surface area contributed by atoms with Gasteiger partial charge in [-0.1, -0.05) is 35.5 Å². The number of oxime groups is 1. The van der Waals surface area contributed by atoms with Crippen molar-refractivity contribution in [3.05, 3.63) is 35.9 Å². The Balaban J connectivity index is 2.48. The first kappa shape index (κ1) is 17.7. The van der Waals surface area contributed by atoms with Gasteiger partial charge in [-0.15, -0.1) is 0 Å². The molecular formula is C17H29N2O2+. The fourth-order valence-electron chi connectivity index (χ4n) is 2.51. The van der Waals surface area contributed by atoms with Gasteiger partial charge in [-0.2, -0.15) is 0 Å². The topological polar surface area (TPSA) is 41.8 Å². The summed E-state index contributed by atoms with van der Waals surface area (Å²) in [6.45, 7) is 12.4. The maximum absolute atomic E-state index is 10.2. The minimum atomic E-state index is -0.489. The van der Waals surface area contributed by atoms with Crippen molar-refractivity contribution in [2.24, 2.45) is 5.16 Å². The molecule has 1 atom stereocenters. The van der Waals surface area contributed by atoms with Crippen molar-refractivity contribution in [3.8, 4) is 0 Å². The normalized spacial score (nSPS) is 14.0. The maximum Gasteiger partial charge on any atom is 0.148 e. The standard InChI is InChI=1S/C17H29N2O2/c1-5-19(6-2,7-3)13-17(20)14-21-18-15(4)16-11-9-8-10-12-16/h8-12,17,20H,5-7,13-14H2,1-4H3/q+1/b18-15+. The number of hydrogen-bond acceptors (Lipinski definition) is 3. The van der Waals surface area contributed by atoms with E-state index in [-0.39, 0.29) is 6.61 Å². The second-order valence-electron chi connectivity index (χ2n) is 5.47. The van der Waals surface area contributed by atoms with Crippen molar-refractivity contribution in [1.29, 1.82) is 0 Å². The van der Waals surface area contributed by atoms with Crippen molar-refractivity contribution in [1.82, 2.24) is 0 Å². The van der Waals surface area contributed by atoms with Crippen molar-refractivity contribution >= 4 is 5.71 Å². The lowest BCUT2D eigenvalue weighted by Gasteiger charge is -2.37. The van der Waals surface area contributed by atoms with Gasteiger partial charge in [0.1, 0.15) is 19.3 Å². The molecular weight excluding hydrogens is 264 g/mol. The fraction of sp³-hybridized carbons (Fsp3) is 0.588. The van der Waals surface area contributed by atoms with E-state index in [0.717, 1.165) is 35.4 Å². The zero-order valence-electron chi connectivity index (χ0n) is 13.7. The average Bonchev–Trinajstić information content (AvgIpc) is 2.53. The second kappa shape index (κ2) is 8.80. The summed E-state index contributed by atoms with van der Waals surface area (Å²) in [5, 5.41) is 14.2. The summed E-state index contributed by atoms with van der Waals surface area (Å²) >= 11 is 0. The van der Waals surface area contributed by atoms with Gasteiger partial charge in [0.25, 0.3) is 0 Å². The van der Waals surface area contributed by atoms with Crippen LogP contribution in [-0.4, -0.2) is 54.2 Å². The van der Waals surface area contributed by atoms with Gasteiger partial charge in [0.15, 0.2) is 0 Å². The van der Waals surface area contributed by atoms with Crippen LogP contribution in [-0.2, 0) is 4.84 Å². The molecule has 0 bridgehead atoms. The number of hydrogen-bond donors (Lipinski definition) is 1. The van der Waals surface area contributed by atoms with Crippen LogP contribution in [0.5, 0.6) is 0 Å². The molecule has 0 aliphatic heterocycles. The maximum atomic E-state index is 10.2. The van der Waals surface area contributed by atoms with Gasteiger partial charge >= 0.3 is 0 Å². The van der Waals surface area contributed by atoms with Crippen LogP contribution < -0.4 is 0 Å². The number of rotatable bonds is 9. The SMILES string of the molecule is CC[N+](CC)(CC)CC(O)CO/N=C(\C)c1ccccc1. The Bertz CT molecular complexity index is 419. The Morgan fingerprint density at radius 2 is 1.71 bits per heavy atom. The molecule has 0 amide bonds. The first-order valence-electron chi connectivity index (χ1n) is 7.82. The predicted octanol–water partition coefficient (Wildman–Crippen LogP) is 2.66. The third-order valence-corrected chi connectivity index (χ3v) is 4.27. The van der Waals surface area contributed by atoms with Crippen LogP contribution in [0.1, 0.15) is 33.3 Å². The summed E-state index contributed by atoms with van der Waals surface area (Å²) < 4.78 is 0.909. The molecule has 1 unspecified atom stereocenters. The van der Waals surface area contributed by atoms with Crippen LogP contribution in [0.15, 0.2) is 35.5 Å². The third-order valence-electron chi connectivity index (χ3n) is 4.27. The Hall–Kier alpha value is -1.39. The molecule has 0 aliphatic rings. The van der Waals surface area contributed by atoms with E-state index in [1.807, 2.05) is 37.3 Å². The molecule has 4 nitrogen and oxygen atoms in total. The third kappa shape index (κ3) is 5.48. The summed E-state index contributed by atoms with van der Waals surface area (Å²) in [7, 11) is 0. The number of quaternary nitrogens is 1. The Morgan fingerprint density at radius 1 is 1.14 bits per heavy atom. The highest BCUT2D eigenvalue weighted by Crippen LogP contribution is 2.08. The van der Waals surface area contributed by atoms with Gasteiger partial charge in [0, 0.05) is 0 Å². The summed E-state index contributed by atoms with van der Waals surface area (Å²) in [5.41, 5.74) is 1.86. The molecule has 0 radical (unpaired) electrons. The van der Waals surface area contributed by atoms with Gasteiger partial charge in [0.05, 0.1) is 25.3 Å². The molecule has 0 aromatic heterocycles. The molecule has 0 aliphatic carbocycles. The Morgan fingerprint density at radius 3 is 2.24 bits per heavy atom. The van der Waals surface area contributed by atoms with Crippen LogP contribution in [0.2, 0.25) is 0 Å². The van der Waals surface area contributed by atoms with E-state index in [0.29, 0.717) is 6.54 Å². The molecule has 1 N–H and O–H groups in total. The van der Waals surface area contributed by atoms with Crippen LogP contribution in [0, 0.1) is 0 Å². The van der Waals surface area contributed by atoms with Gasteiger partial charge in [0.2, 0.25) is 0 Å². The van der Waals surface area contributed by atoms with Crippen LogP contribution in [0.25, 0.3) is 0 Å². The molecule has 0 fully saturated rings. The summed E-state index contributed by atoms with van der Waals surface area (Å²) in [6, 6.07) is 9.90. The first-order chi connectivity index (χ1) is 10.1. The lowest BCUT2D eigenvalue weighted by Crippen LogP contribution is -2.52. The highest BCUT2D eigenvalue weighted by molar-refractivity contribution is 5.98. The van der Waals surface area contributed by atoms with Crippen LogP contribution in [0.4, 0.5) is 0 Å². The van der Waals surface area contributed by atoms with Gasteiger partial charge in [-0.3, -0.25) is 0 Å². The van der Waals surface area contributed by atoms with E-state index in [1.54, 1.807) is 0 Å². The minimum Gasteiger partial charge on any atom is -0.393 e. The van der Waals surface area contributed by atoms with Crippen molar-refractivity contribution in [2.45, 2.75) is 33.8 Å². The smallest absolute Gasteiger partial charge is 0.148 e. The summed E-state index contributed by atoms with van der Waals surface area (Å²) in [4.78, 5) is 5.32. The molecule has 1 aromatic rings. The van der Waals surface area contributed by atoms with Gasteiger partial charge < -0.3 is 14.4 Å². The Labute approximate surface area is 128 Å². The molecule has 0 saturated carbocycles. The lowest BCUT2D eigenvalue weighted by atomic mass is 10.1. The summed E-state index contributed by atoms with van der Waals surface area (Å²) in [5.74, 6) is 0. The summed E-state index contributed by atoms with van der Waals surface area (Å²) in [6.07, 6.45) is -0.489. The molecule has 1 rings (SSSR count). The van der Waals surface area contributed by atoms with E-state index in [1.165, 1.54) is 0 Å². The highest BCUT2D eigenvalue weighted by Gasteiger charge is 2.25. The number of aliphatic hydroxyl groups is 1. The van der Waals surface area contributed by atoms with Crippen LogP contribution >= 0.6 is 0 Å².